The van der Waals surface area contributed by atoms with Gasteiger partial charge in [-0.3, -0.25) is 9.59 Å². The van der Waals surface area contributed by atoms with Crippen LogP contribution >= 0.6 is 0 Å². The molecule has 1 aliphatic carbocycles. The standard InChI is InChI=1S/C26H29F2N5O3/c1-13-4-7-19(36-11-16-5-6-16)21(22(13)28)24-25-23(29-12-30-24)20(14(2)31-25)26(35)32-18-8-9-33(15(3)34)10-17(18)27/h4,7,12,16-18,31H,5-6,8-11H2,1-3H3,(H,32,35)/t17-,18-/m1/s1. The monoisotopic (exact) mass is 497 g/mol. The summed E-state index contributed by atoms with van der Waals surface area (Å²) in [7, 11) is 0. The van der Waals surface area contributed by atoms with E-state index in [-0.39, 0.29) is 23.6 Å². The van der Waals surface area contributed by atoms with Gasteiger partial charge in [-0.15, -0.1) is 0 Å². The lowest BCUT2D eigenvalue weighted by atomic mass is 10.0. The molecule has 5 rings (SSSR count). The van der Waals surface area contributed by atoms with Gasteiger partial charge in [0.25, 0.3) is 5.91 Å². The van der Waals surface area contributed by atoms with Crippen molar-refractivity contribution in [3.05, 3.63) is 41.1 Å². The summed E-state index contributed by atoms with van der Waals surface area (Å²) in [4.78, 5) is 38.1. The second kappa shape index (κ2) is 9.48. The van der Waals surface area contributed by atoms with Crippen LogP contribution in [0.3, 0.4) is 0 Å². The third-order valence-electron chi connectivity index (χ3n) is 7.01. The van der Waals surface area contributed by atoms with Crippen LogP contribution in [0.1, 0.15) is 47.8 Å². The van der Waals surface area contributed by atoms with Gasteiger partial charge in [0.2, 0.25) is 5.91 Å². The van der Waals surface area contributed by atoms with Gasteiger partial charge in [-0.2, -0.15) is 0 Å². The number of halogens is 2. The Morgan fingerprint density at radius 1 is 1.22 bits per heavy atom. The molecule has 1 saturated carbocycles. The van der Waals surface area contributed by atoms with Gasteiger partial charge < -0.3 is 19.9 Å². The number of nitrogens with zero attached hydrogens (tertiary/aromatic N) is 3. The maximum atomic E-state index is 15.4. The van der Waals surface area contributed by atoms with E-state index in [4.69, 9.17) is 4.74 Å². The van der Waals surface area contributed by atoms with Crippen LogP contribution in [0.2, 0.25) is 0 Å². The average Bonchev–Trinajstić information content (AvgIpc) is 3.60. The molecule has 0 spiro atoms. The minimum Gasteiger partial charge on any atom is -0.492 e. The zero-order chi connectivity index (χ0) is 25.6. The normalized spacial score (nSPS) is 20.0. The molecule has 0 radical (unpaired) electrons. The molecule has 0 bridgehead atoms. The molecule has 36 heavy (non-hydrogen) atoms. The molecule has 10 heteroatoms. The van der Waals surface area contributed by atoms with Crippen LogP contribution in [-0.4, -0.2) is 63.6 Å². The molecule has 2 aromatic heterocycles. The van der Waals surface area contributed by atoms with Crippen LogP contribution in [0.25, 0.3) is 22.3 Å². The number of aromatic nitrogens is 3. The number of likely N-dealkylation sites (tertiary alicyclic amines) is 1. The van der Waals surface area contributed by atoms with E-state index in [9.17, 15) is 14.0 Å². The number of fused-ring (bicyclic) bond motifs is 1. The molecular weight excluding hydrogens is 468 g/mol. The van der Waals surface area contributed by atoms with Crippen LogP contribution in [0, 0.1) is 25.6 Å². The highest BCUT2D eigenvalue weighted by Gasteiger charge is 2.33. The van der Waals surface area contributed by atoms with Crippen molar-refractivity contribution >= 4 is 22.8 Å². The summed E-state index contributed by atoms with van der Waals surface area (Å²) in [5.74, 6) is -0.248. The average molecular weight is 498 g/mol. The summed E-state index contributed by atoms with van der Waals surface area (Å²) >= 11 is 0. The fraction of sp³-hybridized carbons (Fsp3) is 0.462. The number of amides is 2. The summed E-state index contributed by atoms with van der Waals surface area (Å²) in [5, 5.41) is 2.76. The first-order valence-corrected chi connectivity index (χ1v) is 12.2. The Hall–Kier alpha value is -3.56. The maximum Gasteiger partial charge on any atom is 0.255 e. The molecule has 2 fully saturated rings. The van der Waals surface area contributed by atoms with Crippen molar-refractivity contribution < 1.29 is 23.1 Å². The van der Waals surface area contributed by atoms with Crippen LogP contribution < -0.4 is 10.1 Å². The number of rotatable bonds is 6. The predicted octanol–water partition coefficient (Wildman–Crippen LogP) is 3.86. The third-order valence-corrected chi connectivity index (χ3v) is 7.01. The van der Waals surface area contributed by atoms with E-state index in [2.05, 4.69) is 20.3 Å². The topological polar surface area (TPSA) is 100 Å². The first-order valence-electron chi connectivity index (χ1n) is 12.2. The molecule has 2 aliphatic rings. The number of benzene rings is 1. The van der Waals surface area contributed by atoms with Gasteiger partial charge in [0, 0.05) is 19.2 Å². The number of aryl methyl sites for hydroxylation is 2. The lowest BCUT2D eigenvalue weighted by Gasteiger charge is -2.34. The Labute approximate surface area is 207 Å². The van der Waals surface area contributed by atoms with Gasteiger partial charge in [-0.1, -0.05) is 6.07 Å². The highest BCUT2D eigenvalue weighted by Crippen LogP contribution is 2.39. The molecule has 0 unspecified atom stereocenters. The van der Waals surface area contributed by atoms with Crippen LogP contribution in [-0.2, 0) is 4.79 Å². The largest absolute Gasteiger partial charge is 0.492 e. The first kappa shape index (κ1) is 24.1. The van der Waals surface area contributed by atoms with E-state index in [1.165, 1.54) is 18.2 Å². The summed E-state index contributed by atoms with van der Waals surface area (Å²) in [6, 6.07) is 2.68. The molecule has 8 nitrogen and oxygen atoms in total. The number of hydrogen-bond acceptors (Lipinski definition) is 5. The number of alkyl halides is 1. The minimum atomic E-state index is -1.38. The second-order valence-corrected chi connectivity index (χ2v) is 9.74. The second-order valence-electron chi connectivity index (χ2n) is 9.74. The number of carbonyl (C=O) groups excluding carboxylic acids is 2. The highest BCUT2D eigenvalue weighted by atomic mass is 19.1. The fourth-order valence-corrected chi connectivity index (χ4v) is 4.68. The number of nitrogens with one attached hydrogen (secondary N) is 2. The Morgan fingerprint density at radius 3 is 2.69 bits per heavy atom. The van der Waals surface area contributed by atoms with Crippen LogP contribution in [0.15, 0.2) is 18.5 Å². The number of H-pyrrole nitrogens is 1. The highest BCUT2D eigenvalue weighted by molar-refractivity contribution is 6.09. The van der Waals surface area contributed by atoms with E-state index in [1.807, 2.05) is 0 Å². The van der Waals surface area contributed by atoms with Gasteiger partial charge in [-0.25, -0.2) is 18.7 Å². The number of aromatic amines is 1. The lowest BCUT2D eigenvalue weighted by molar-refractivity contribution is -0.131. The zero-order valence-corrected chi connectivity index (χ0v) is 20.5. The fourth-order valence-electron chi connectivity index (χ4n) is 4.68. The summed E-state index contributed by atoms with van der Waals surface area (Å²) < 4.78 is 36.1. The van der Waals surface area contributed by atoms with E-state index < -0.39 is 23.9 Å². The SMILES string of the molecule is CC(=O)N1CC[C@@H](NC(=O)c2c(C)[nH]c3c(-c4c(OCC5CC5)ccc(C)c4F)ncnc23)[C@H](F)C1. The van der Waals surface area contributed by atoms with Crippen molar-refractivity contribution in [1.82, 2.24) is 25.2 Å². The van der Waals surface area contributed by atoms with Gasteiger partial charge in [0.15, 0.2) is 0 Å². The predicted molar refractivity (Wildman–Crippen MR) is 130 cm³/mol. The number of piperidine rings is 1. The molecule has 3 heterocycles. The molecule has 190 valence electrons. The van der Waals surface area contributed by atoms with E-state index in [0.717, 1.165) is 12.8 Å². The molecule has 2 N–H and O–H groups in total. The Balaban J connectivity index is 1.48. The van der Waals surface area contributed by atoms with Crippen LogP contribution in [0.4, 0.5) is 8.78 Å². The minimum absolute atomic E-state index is 0.0598. The molecule has 1 saturated heterocycles. The van der Waals surface area contributed by atoms with Crippen molar-refractivity contribution in [2.24, 2.45) is 5.92 Å². The molecule has 2 atom stereocenters. The summed E-state index contributed by atoms with van der Waals surface area (Å²) in [5.41, 5.74) is 2.45. The summed E-state index contributed by atoms with van der Waals surface area (Å²) in [6.45, 7) is 5.60. The number of carbonyl (C=O) groups is 2. The third kappa shape index (κ3) is 4.52. The van der Waals surface area contributed by atoms with Crippen molar-refractivity contribution in [2.45, 2.75) is 52.2 Å². The molecule has 1 aliphatic heterocycles. The first-order chi connectivity index (χ1) is 17.2. The molecular formula is C26H29F2N5O3. The lowest BCUT2D eigenvalue weighted by Crippen LogP contribution is -2.53. The van der Waals surface area contributed by atoms with E-state index in [1.54, 1.807) is 26.0 Å². The van der Waals surface area contributed by atoms with Gasteiger partial charge in [-0.05, 0) is 50.7 Å². The van der Waals surface area contributed by atoms with Crippen molar-refractivity contribution in [2.75, 3.05) is 19.7 Å². The zero-order valence-electron chi connectivity index (χ0n) is 20.5. The van der Waals surface area contributed by atoms with Gasteiger partial charge >= 0.3 is 0 Å². The van der Waals surface area contributed by atoms with E-state index in [0.29, 0.717) is 59.2 Å². The Kier molecular flexibility index (Phi) is 6.36. The Bertz CT molecular complexity index is 1340. The Morgan fingerprint density at radius 2 is 2.00 bits per heavy atom. The molecule has 2 amide bonds. The van der Waals surface area contributed by atoms with E-state index >= 15 is 4.39 Å². The van der Waals surface area contributed by atoms with Crippen molar-refractivity contribution in [3.63, 3.8) is 0 Å². The van der Waals surface area contributed by atoms with Crippen molar-refractivity contribution in [3.8, 4) is 17.0 Å². The van der Waals surface area contributed by atoms with Gasteiger partial charge in [0.05, 0.1) is 35.8 Å². The maximum absolute atomic E-state index is 15.4. The van der Waals surface area contributed by atoms with Crippen LogP contribution in [0.5, 0.6) is 5.75 Å². The quantitative estimate of drug-likeness (QED) is 0.539. The van der Waals surface area contributed by atoms with Gasteiger partial charge in [0.1, 0.15) is 35.3 Å². The summed E-state index contributed by atoms with van der Waals surface area (Å²) in [6.07, 6.45) is 2.42. The molecule has 3 aromatic rings. The number of ether oxygens (including phenoxy) is 1. The van der Waals surface area contributed by atoms with Crippen molar-refractivity contribution in [1.29, 1.82) is 0 Å². The smallest absolute Gasteiger partial charge is 0.255 e. The molecule has 1 aromatic carbocycles. The number of hydrogen-bond donors (Lipinski definition) is 2.